The van der Waals surface area contributed by atoms with Gasteiger partial charge in [0.05, 0.1) is 22.5 Å². The molecule has 0 aliphatic carbocycles. The minimum Gasteiger partial charge on any atom is -0.355 e. The molecule has 1 amide bonds. The molecular weight excluding hydrogens is 417 g/mol. The van der Waals surface area contributed by atoms with Gasteiger partial charge < -0.3 is 9.42 Å². The second-order valence-electron chi connectivity index (χ2n) is 6.69. The van der Waals surface area contributed by atoms with Crippen molar-refractivity contribution in [3.8, 4) is 10.6 Å². The minimum absolute atomic E-state index is 0.175. The quantitative estimate of drug-likeness (QED) is 0.615. The van der Waals surface area contributed by atoms with Gasteiger partial charge in [-0.1, -0.05) is 17.3 Å². The molecule has 1 fully saturated rings. The lowest BCUT2D eigenvalue weighted by Crippen LogP contribution is -2.51. The molecule has 0 radical (unpaired) electrons. The molecule has 0 unspecified atom stereocenters. The predicted molar refractivity (Wildman–Crippen MR) is 105 cm³/mol. The van der Waals surface area contributed by atoms with Gasteiger partial charge in [0.2, 0.25) is 15.9 Å². The number of carbonyl (C=O) groups is 1. The number of halogens is 1. The molecule has 10 heteroatoms. The van der Waals surface area contributed by atoms with Crippen LogP contribution in [0.15, 0.2) is 52.0 Å². The molecular formula is C19H18FN3O4S2. The summed E-state index contributed by atoms with van der Waals surface area (Å²) >= 11 is 1.30. The van der Waals surface area contributed by atoms with E-state index in [4.69, 9.17) is 4.52 Å². The van der Waals surface area contributed by atoms with Gasteiger partial charge in [0.15, 0.2) is 5.76 Å². The number of rotatable bonds is 5. The van der Waals surface area contributed by atoms with Crippen molar-refractivity contribution in [2.75, 3.05) is 19.6 Å². The van der Waals surface area contributed by atoms with Crippen LogP contribution < -0.4 is 0 Å². The number of aromatic nitrogens is 1. The van der Waals surface area contributed by atoms with Crippen LogP contribution in [0, 0.1) is 12.7 Å². The second kappa shape index (κ2) is 7.69. The first-order valence-corrected chi connectivity index (χ1v) is 11.1. The Hall–Kier alpha value is -2.56. The van der Waals surface area contributed by atoms with Gasteiger partial charge in [0.1, 0.15) is 5.82 Å². The lowest BCUT2D eigenvalue weighted by molar-refractivity contribution is -0.134. The smallest absolute Gasteiger partial charge is 0.244 e. The fourth-order valence-corrected chi connectivity index (χ4v) is 6.09. The lowest BCUT2D eigenvalue weighted by Gasteiger charge is -2.33. The summed E-state index contributed by atoms with van der Waals surface area (Å²) in [5, 5.41) is 3.65. The molecule has 4 rings (SSSR count). The summed E-state index contributed by atoms with van der Waals surface area (Å²) in [6.45, 7) is 2.29. The van der Waals surface area contributed by atoms with E-state index in [1.165, 1.54) is 34.0 Å². The maximum absolute atomic E-state index is 13.1. The molecule has 3 aromatic rings. The number of aryl methyl sites for hydroxylation is 1. The Bertz CT molecular complexity index is 1120. The fraction of sp³-hybridized carbons (Fsp3) is 0.263. The standard InChI is InChI=1S/C19H18FN3O4S2/c1-13-18(10-17(28-13)16-6-7-21-27-16)29(25,26)23-9-8-22(19(24)12-23)11-14-2-4-15(20)5-3-14/h2-7,10H,8-9,11-12H2,1H3. The highest BCUT2D eigenvalue weighted by molar-refractivity contribution is 7.89. The maximum atomic E-state index is 13.1. The molecule has 0 N–H and O–H groups in total. The zero-order valence-electron chi connectivity index (χ0n) is 15.5. The van der Waals surface area contributed by atoms with E-state index >= 15 is 0 Å². The van der Waals surface area contributed by atoms with Crippen LogP contribution in [0.2, 0.25) is 0 Å². The monoisotopic (exact) mass is 435 g/mol. The van der Waals surface area contributed by atoms with Gasteiger partial charge in [-0.3, -0.25) is 4.79 Å². The van der Waals surface area contributed by atoms with Gasteiger partial charge in [0.25, 0.3) is 0 Å². The summed E-state index contributed by atoms with van der Waals surface area (Å²) in [5.41, 5.74) is 0.793. The average Bonchev–Trinajstić information content (AvgIpc) is 3.35. The molecule has 1 saturated heterocycles. The van der Waals surface area contributed by atoms with Crippen molar-refractivity contribution < 1.29 is 22.1 Å². The van der Waals surface area contributed by atoms with E-state index in [1.54, 1.807) is 36.1 Å². The van der Waals surface area contributed by atoms with Crippen molar-refractivity contribution in [1.29, 1.82) is 0 Å². The van der Waals surface area contributed by atoms with Gasteiger partial charge in [0, 0.05) is 30.6 Å². The Morgan fingerprint density at radius 1 is 1.21 bits per heavy atom. The van der Waals surface area contributed by atoms with Gasteiger partial charge in [-0.05, 0) is 30.7 Å². The topological polar surface area (TPSA) is 83.7 Å². The van der Waals surface area contributed by atoms with Crippen molar-refractivity contribution >= 4 is 27.3 Å². The number of carbonyl (C=O) groups excluding carboxylic acids is 1. The molecule has 0 saturated carbocycles. The Morgan fingerprint density at radius 3 is 2.62 bits per heavy atom. The van der Waals surface area contributed by atoms with Crippen molar-refractivity contribution in [2.24, 2.45) is 0 Å². The van der Waals surface area contributed by atoms with Crippen LogP contribution in [0.5, 0.6) is 0 Å². The SMILES string of the molecule is Cc1sc(-c2ccno2)cc1S(=O)(=O)N1CCN(Cc2ccc(F)cc2)C(=O)C1. The summed E-state index contributed by atoms with van der Waals surface area (Å²) in [6, 6.07) is 9.14. The second-order valence-corrected chi connectivity index (χ2v) is 9.85. The zero-order valence-corrected chi connectivity index (χ0v) is 17.2. The molecule has 1 aliphatic rings. The van der Waals surface area contributed by atoms with Crippen LogP contribution in [-0.4, -0.2) is 48.3 Å². The third-order valence-corrected chi connectivity index (χ3v) is 7.91. The number of benzene rings is 1. The molecule has 29 heavy (non-hydrogen) atoms. The first-order chi connectivity index (χ1) is 13.8. The highest BCUT2D eigenvalue weighted by atomic mass is 32.2. The van der Waals surface area contributed by atoms with Crippen LogP contribution in [0.3, 0.4) is 0 Å². The largest absolute Gasteiger partial charge is 0.355 e. The average molecular weight is 436 g/mol. The number of thiophene rings is 1. The van der Waals surface area contributed by atoms with E-state index in [-0.39, 0.29) is 36.3 Å². The number of amides is 1. The summed E-state index contributed by atoms with van der Waals surface area (Å²) in [4.78, 5) is 15.6. The molecule has 3 heterocycles. The van der Waals surface area contributed by atoms with E-state index in [9.17, 15) is 17.6 Å². The highest BCUT2D eigenvalue weighted by Crippen LogP contribution is 2.35. The number of hydrogen-bond donors (Lipinski definition) is 0. The Morgan fingerprint density at radius 2 is 1.97 bits per heavy atom. The fourth-order valence-electron chi connectivity index (χ4n) is 3.19. The number of nitrogens with zero attached hydrogens (tertiary/aromatic N) is 3. The summed E-state index contributed by atoms with van der Waals surface area (Å²) in [7, 11) is -3.81. The summed E-state index contributed by atoms with van der Waals surface area (Å²) in [6.07, 6.45) is 1.50. The number of hydrogen-bond acceptors (Lipinski definition) is 6. The van der Waals surface area contributed by atoms with Gasteiger partial charge >= 0.3 is 0 Å². The predicted octanol–water partition coefficient (Wildman–Crippen LogP) is 2.88. The molecule has 152 valence electrons. The van der Waals surface area contributed by atoms with E-state index in [0.717, 1.165) is 5.56 Å². The molecule has 0 bridgehead atoms. The first kappa shape index (κ1) is 19.7. The van der Waals surface area contributed by atoms with Gasteiger partial charge in [-0.25, -0.2) is 12.8 Å². The Labute approximate surface area is 171 Å². The molecule has 2 aromatic heterocycles. The van der Waals surface area contributed by atoms with E-state index in [0.29, 0.717) is 22.1 Å². The van der Waals surface area contributed by atoms with E-state index in [2.05, 4.69) is 5.16 Å². The molecule has 0 atom stereocenters. The van der Waals surface area contributed by atoms with Crippen LogP contribution in [0.25, 0.3) is 10.6 Å². The van der Waals surface area contributed by atoms with Crippen LogP contribution in [0.1, 0.15) is 10.4 Å². The van der Waals surface area contributed by atoms with Crippen LogP contribution >= 0.6 is 11.3 Å². The number of piperazine rings is 1. The van der Waals surface area contributed by atoms with E-state index < -0.39 is 10.0 Å². The third-order valence-electron chi connectivity index (χ3n) is 4.74. The van der Waals surface area contributed by atoms with Gasteiger partial charge in [-0.15, -0.1) is 11.3 Å². The Balaban J connectivity index is 1.49. The van der Waals surface area contributed by atoms with Gasteiger partial charge in [-0.2, -0.15) is 4.31 Å². The van der Waals surface area contributed by atoms with Crippen molar-refractivity contribution in [2.45, 2.75) is 18.4 Å². The molecule has 1 aliphatic heterocycles. The zero-order chi connectivity index (χ0) is 20.6. The highest BCUT2D eigenvalue weighted by Gasteiger charge is 2.34. The maximum Gasteiger partial charge on any atom is 0.244 e. The number of sulfonamides is 1. The molecule has 7 nitrogen and oxygen atoms in total. The normalized spacial score (nSPS) is 15.8. The minimum atomic E-state index is -3.81. The third kappa shape index (κ3) is 3.96. The summed E-state index contributed by atoms with van der Waals surface area (Å²) in [5.74, 6) is -0.126. The van der Waals surface area contributed by atoms with Crippen LogP contribution in [-0.2, 0) is 21.4 Å². The lowest BCUT2D eigenvalue weighted by atomic mass is 10.2. The molecule has 1 aromatic carbocycles. The first-order valence-electron chi connectivity index (χ1n) is 8.88. The molecule has 0 spiro atoms. The van der Waals surface area contributed by atoms with Crippen molar-refractivity contribution in [3.05, 3.63) is 58.9 Å². The van der Waals surface area contributed by atoms with E-state index in [1.807, 2.05) is 0 Å². The van der Waals surface area contributed by atoms with Crippen molar-refractivity contribution in [1.82, 2.24) is 14.4 Å². The Kier molecular flexibility index (Phi) is 5.24. The summed E-state index contributed by atoms with van der Waals surface area (Å²) < 4.78 is 45.6. The van der Waals surface area contributed by atoms with Crippen LogP contribution in [0.4, 0.5) is 4.39 Å². The van der Waals surface area contributed by atoms with Crippen molar-refractivity contribution in [3.63, 3.8) is 0 Å².